The van der Waals surface area contributed by atoms with Crippen LogP contribution in [0.1, 0.15) is 42.5 Å². The first-order valence-electron chi connectivity index (χ1n) is 10.0. The topological polar surface area (TPSA) is 103 Å². The van der Waals surface area contributed by atoms with Crippen molar-refractivity contribution in [2.75, 3.05) is 6.54 Å². The average Bonchev–Trinajstić information content (AvgIpc) is 2.71. The molecule has 1 saturated carbocycles. The van der Waals surface area contributed by atoms with Crippen LogP contribution in [0.4, 0.5) is 0 Å². The van der Waals surface area contributed by atoms with E-state index < -0.39 is 0 Å². The molecule has 1 fully saturated rings. The van der Waals surface area contributed by atoms with Gasteiger partial charge in [-0.05, 0) is 56.2 Å². The van der Waals surface area contributed by atoms with Crippen molar-refractivity contribution in [1.82, 2.24) is 20.1 Å². The summed E-state index contributed by atoms with van der Waals surface area (Å²) in [5.41, 5.74) is 7.90. The number of aromatic nitrogens is 3. The van der Waals surface area contributed by atoms with Gasteiger partial charge in [-0.3, -0.25) is 14.6 Å². The predicted octanol–water partition coefficient (Wildman–Crippen LogP) is 1.37. The SMILES string of the molecule is Cc1cnn(CCc2ccccn2)c(=O)c1CC(=O)NCC1CCC(N)CC1. The molecule has 2 aromatic heterocycles. The molecule has 1 aliphatic rings. The van der Waals surface area contributed by atoms with Crippen molar-refractivity contribution >= 4 is 5.91 Å². The third kappa shape index (κ3) is 5.48. The summed E-state index contributed by atoms with van der Waals surface area (Å²) in [6, 6.07) is 6.00. The first kappa shape index (κ1) is 20.2. The van der Waals surface area contributed by atoms with Gasteiger partial charge in [0.2, 0.25) is 5.91 Å². The van der Waals surface area contributed by atoms with Gasteiger partial charge in [0.05, 0.1) is 19.2 Å². The van der Waals surface area contributed by atoms with Gasteiger partial charge in [0.25, 0.3) is 5.56 Å². The van der Waals surface area contributed by atoms with Gasteiger partial charge in [-0.15, -0.1) is 0 Å². The first-order chi connectivity index (χ1) is 13.5. The Morgan fingerprint density at radius 3 is 2.79 bits per heavy atom. The molecule has 7 heteroatoms. The van der Waals surface area contributed by atoms with Gasteiger partial charge >= 0.3 is 0 Å². The van der Waals surface area contributed by atoms with E-state index in [1.54, 1.807) is 12.4 Å². The van der Waals surface area contributed by atoms with Crippen molar-refractivity contribution in [3.8, 4) is 0 Å². The first-order valence-corrected chi connectivity index (χ1v) is 10.0. The van der Waals surface area contributed by atoms with Crippen LogP contribution >= 0.6 is 0 Å². The van der Waals surface area contributed by atoms with Gasteiger partial charge in [-0.2, -0.15) is 5.10 Å². The molecule has 28 heavy (non-hydrogen) atoms. The Kier molecular flexibility index (Phi) is 6.92. The number of nitrogens with two attached hydrogens (primary N) is 1. The van der Waals surface area contributed by atoms with Crippen molar-refractivity contribution in [3.63, 3.8) is 0 Å². The highest BCUT2D eigenvalue weighted by atomic mass is 16.2. The molecule has 1 amide bonds. The Hall–Kier alpha value is -2.54. The monoisotopic (exact) mass is 383 g/mol. The van der Waals surface area contributed by atoms with E-state index in [4.69, 9.17) is 5.73 Å². The maximum atomic E-state index is 12.8. The summed E-state index contributed by atoms with van der Waals surface area (Å²) in [6.45, 7) is 2.92. The molecule has 0 bridgehead atoms. The van der Waals surface area contributed by atoms with E-state index in [1.807, 2.05) is 25.1 Å². The maximum Gasteiger partial charge on any atom is 0.270 e. The second kappa shape index (κ2) is 9.59. The van der Waals surface area contributed by atoms with E-state index in [0.29, 0.717) is 37.0 Å². The van der Waals surface area contributed by atoms with Gasteiger partial charge in [0, 0.05) is 36.5 Å². The molecule has 7 nitrogen and oxygen atoms in total. The summed E-state index contributed by atoms with van der Waals surface area (Å²) in [4.78, 5) is 29.4. The Morgan fingerprint density at radius 2 is 2.07 bits per heavy atom. The predicted molar refractivity (Wildman–Crippen MR) is 108 cm³/mol. The fourth-order valence-electron chi connectivity index (χ4n) is 3.63. The number of hydrogen-bond donors (Lipinski definition) is 2. The lowest BCUT2D eigenvalue weighted by atomic mass is 9.86. The summed E-state index contributed by atoms with van der Waals surface area (Å²) < 4.78 is 1.42. The Balaban J connectivity index is 1.58. The molecule has 0 aromatic carbocycles. The van der Waals surface area contributed by atoms with Crippen LogP contribution in [-0.2, 0) is 24.2 Å². The normalized spacial score (nSPS) is 19.4. The molecule has 2 heterocycles. The second-order valence-corrected chi connectivity index (χ2v) is 7.67. The molecule has 150 valence electrons. The standard InChI is InChI=1S/C21H29N5O2/c1-15-13-25-26(11-9-18-4-2-3-10-23-18)21(28)19(15)12-20(27)24-14-16-5-7-17(22)8-6-16/h2-4,10,13,16-17H,5-9,11-12,14,22H2,1H3,(H,24,27). The summed E-state index contributed by atoms with van der Waals surface area (Å²) in [6.07, 6.45) is 8.23. The number of carbonyl (C=O) groups excluding carboxylic acids is 1. The smallest absolute Gasteiger partial charge is 0.270 e. The summed E-state index contributed by atoms with van der Waals surface area (Å²) >= 11 is 0. The van der Waals surface area contributed by atoms with Crippen molar-refractivity contribution in [1.29, 1.82) is 0 Å². The van der Waals surface area contributed by atoms with Crippen molar-refractivity contribution in [2.45, 2.75) is 58.0 Å². The molecule has 2 aromatic rings. The van der Waals surface area contributed by atoms with Crippen molar-refractivity contribution in [2.24, 2.45) is 11.7 Å². The summed E-state index contributed by atoms with van der Waals surface area (Å²) in [5, 5.41) is 7.21. The zero-order chi connectivity index (χ0) is 19.9. The number of aryl methyl sites for hydroxylation is 3. The number of carbonyl (C=O) groups is 1. The average molecular weight is 383 g/mol. The Bertz CT molecular complexity index is 842. The Morgan fingerprint density at radius 1 is 1.29 bits per heavy atom. The van der Waals surface area contributed by atoms with E-state index in [0.717, 1.165) is 36.9 Å². The zero-order valence-electron chi connectivity index (χ0n) is 16.4. The van der Waals surface area contributed by atoms with Crippen LogP contribution in [-0.4, -0.2) is 33.3 Å². The minimum Gasteiger partial charge on any atom is -0.356 e. The van der Waals surface area contributed by atoms with E-state index in [9.17, 15) is 9.59 Å². The third-order valence-electron chi connectivity index (χ3n) is 5.48. The Labute approximate surface area is 165 Å². The molecular weight excluding hydrogens is 354 g/mol. The van der Waals surface area contributed by atoms with Gasteiger partial charge in [-0.25, -0.2) is 4.68 Å². The molecule has 0 atom stereocenters. The van der Waals surface area contributed by atoms with Crippen molar-refractivity contribution < 1.29 is 4.79 Å². The maximum absolute atomic E-state index is 12.8. The van der Waals surface area contributed by atoms with E-state index in [-0.39, 0.29) is 17.9 Å². The van der Waals surface area contributed by atoms with E-state index >= 15 is 0 Å². The summed E-state index contributed by atoms with van der Waals surface area (Å²) in [5.74, 6) is 0.370. The second-order valence-electron chi connectivity index (χ2n) is 7.67. The molecular formula is C21H29N5O2. The zero-order valence-corrected chi connectivity index (χ0v) is 16.4. The molecule has 3 N–H and O–H groups in total. The van der Waals surface area contributed by atoms with Crippen LogP contribution in [0.5, 0.6) is 0 Å². The van der Waals surface area contributed by atoms with Crippen LogP contribution in [0.15, 0.2) is 35.4 Å². The molecule has 0 aliphatic heterocycles. The van der Waals surface area contributed by atoms with Crippen LogP contribution in [0.25, 0.3) is 0 Å². The molecule has 1 aliphatic carbocycles. The highest BCUT2D eigenvalue weighted by Crippen LogP contribution is 2.22. The van der Waals surface area contributed by atoms with Crippen LogP contribution in [0.2, 0.25) is 0 Å². The number of nitrogens with zero attached hydrogens (tertiary/aromatic N) is 3. The minimum absolute atomic E-state index is 0.0863. The lowest BCUT2D eigenvalue weighted by molar-refractivity contribution is -0.120. The third-order valence-corrected chi connectivity index (χ3v) is 5.48. The number of nitrogens with one attached hydrogen (secondary N) is 1. The molecule has 0 saturated heterocycles. The number of hydrogen-bond acceptors (Lipinski definition) is 5. The summed E-state index contributed by atoms with van der Waals surface area (Å²) in [7, 11) is 0. The number of pyridine rings is 1. The van der Waals surface area contributed by atoms with Gasteiger partial charge < -0.3 is 11.1 Å². The largest absolute Gasteiger partial charge is 0.356 e. The lowest BCUT2D eigenvalue weighted by Gasteiger charge is -2.26. The molecule has 0 radical (unpaired) electrons. The number of rotatable bonds is 7. The van der Waals surface area contributed by atoms with Gasteiger partial charge in [0.15, 0.2) is 0 Å². The van der Waals surface area contributed by atoms with Gasteiger partial charge in [-0.1, -0.05) is 6.07 Å². The fourth-order valence-corrected chi connectivity index (χ4v) is 3.63. The van der Waals surface area contributed by atoms with Crippen LogP contribution in [0, 0.1) is 12.8 Å². The van der Waals surface area contributed by atoms with E-state index in [2.05, 4.69) is 15.4 Å². The van der Waals surface area contributed by atoms with Crippen LogP contribution in [0.3, 0.4) is 0 Å². The van der Waals surface area contributed by atoms with E-state index in [1.165, 1.54) is 4.68 Å². The minimum atomic E-state index is -0.199. The molecule has 0 spiro atoms. The molecule has 0 unspecified atom stereocenters. The lowest BCUT2D eigenvalue weighted by Crippen LogP contribution is -2.36. The van der Waals surface area contributed by atoms with Crippen LogP contribution < -0.4 is 16.6 Å². The van der Waals surface area contributed by atoms with Gasteiger partial charge in [0.1, 0.15) is 0 Å². The number of amides is 1. The molecule has 3 rings (SSSR count). The highest BCUT2D eigenvalue weighted by Gasteiger charge is 2.19. The fraction of sp³-hybridized carbons (Fsp3) is 0.524. The quantitative estimate of drug-likeness (QED) is 0.752. The highest BCUT2D eigenvalue weighted by molar-refractivity contribution is 5.78. The van der Waals surface area contributed by atoms with Crippen molar-refractivity contribution in [3.05, 3.63) is 57.8 Å².